The second kappa shape index (κ2) is 8.63. The van der Waals surface area contributed by atoms with Crippen LogP contribution in [0.25, 0.3) is 0 Å². The lowest BCUT2D eigenvalue weighted by atomic mass is 9.85. The van der Waals surface area contributed by atoms with Crippen LogP contribution < -0.4 is 5.32 Å². The molecule has 1 fully saturated rings. The van der Waals surface area contributed by atoms with Gasteiger partial charge in [0.05, 0.1) is 0 Å². The second-order valence-corrected chi connectivity index (χ2v) is 6.58. The highest BCUT2D eigenvalue weighted by Gasteiger charge is 2.25. The molecule has 4 heteroatoms. The van der Waals surface area contributed by atoms with Gasteiger partial charge in [0, 0.05) is 25.6 Å². The van der Waals surface area contributed by atoms with Gasteiger partial charge in [-0.3, -0.25) is 4.79 Å². The molecule has 3 atom stereocenters. The Bertz CT molecular complexity index is 287. The van der Waals surface area contributed by atoms with Gasteiger partial charge in [0.1, 0.15) is 0 Å². The summed E-state index contributed by atoms with van der Waals surface area (Å²) in [6, 6.07) is 0.291. The fourth-order valence-electron chi connectivity index (χ4n) is 3.28. The van der Waals surface area contributed by atoms with Crippen LogP contribution >= 0.6 is 0 Å². The normalized spacial score (nSPS) is 22.6. The van der Waals surface area contributed by atoms with E-state index in [0.717, 1.165) is 26.2 Å². The van der Waals surface area contributed by atoms with Crippen LogP contribution in [0.1, 0.15) is 40.0 Å². The number of likely N-dealkylation sites (N-methyl/N-ethyl adjacent to an activating group) is 2. The number of piperidine rings is 1. The van der Waals surface area contributed by atoms with E-state index in [9.17, 15) is 4.79 Å². The molecule has 0 aromatic heterocycles. The number of hydrogen-bond donors (Lipinski definition) is 1. The Hall–Kier alpha value is -0.610. The standard InChI is InChI=1S/C16H33N3O/c1-6-19(14(3)12-18(4)5)16(20)10-13(2)15-8-7-9-17-11-15/h13-15,17H,6-12H2,1-5H3. The third-order valence-electron chi connectivity index (χ3n) is 4.46. The van der Waals surface area contributed by atoms with Crippen molar-refractivity contribution in [2.75, 3.05) is 40.3 Å². The number of hydrogen-bond acceptors (Lipinski definition) is 3. The minimum absolute atomic E-state index is 0.291. The van der Waals surface area contributed by atoms with Gasteiger partial charge in [-0.05, 0) is 65.7 Å². The Balaban J connectivity index is 2.49. The molecule has 1 N–H and O–H groups in total. The van der Waals surface area contributed by atoms with Crippen LogP contribution in [0.4, 0.5) is 0 Å². The largest absolute Gasteiger partial charge is 0.339 e. The Labute approximate surface area is 124 Å². The lowest BCUT2D eigenvalue weighted by Crippen LogP contribution is -2.45. The van der Waals surface area contributed by atoms with Gasteiger partial charge in [0.2, 0.25) is 5.91 Å². The van der Waals surface area contributed by atoms with Gasteiger partial charge in [0.15, 0.2) is 0 Å². The molecule has 4 nitrogen and oxygen atoms in total. The maximum Gasteiger partial charge on any atom is 0.223 e. The zero-order valence-electron chi connectivity index (χ0n) is 14.0. The van der Waals surface area contributed by atoms with Crippen molar-refractivity contribution in [2.24, 2.45) is 11.8 Å². The van der Waals surface area contributed by atoms with Crippen molar-refractivity contribution in [1.82, 2.24) is 15.1 Å². The van der Waals surface area contributed by atoms with Crippen molar-refractivity contribution >= 4 is 5.91 Å². The van der Waals surface area contributed by atoms with Gasteiger partial charge in [-0.15, -0.1) is 0 Å². The maximum atomic E-state index is 12.5. The fraction of sp³-hybridized carbons (Fsp3) is 0.938. The summed E-state index contributed by atoms with van der Waals surface area (Å²) in [4.78, 5) is 16.7. The lowest BCUT2D eigenvalue weighted by molar-refractivity contribution is -0.134. The number of carbonyl (C=O) groups excluding carboxylic acids is 1. The van der Waals surface area contributed by atoms with E-state index in [2.05, 4.69) is 45.1 Å². The fourth-order valence-corrected chi connectivity index (χ4v) is 3.28. The van der Waals surface area contributed by atoms with Crippen molar-refractivity contribution in [3.05, 3.63) is 0 Å². The smallest absolute Gasteiger partial charge is 0.223 e. The number of nitrogens with zero attached hydrogens (tertiary/aromatic N) is 2. The first kappa shape index (κ1) is 17.4. The highest BCUT2D eigenvalue weighted by atomic mass is 16.2. The predicted octanol–water partition coefficient (Wildman–Crippen LogP) is 1.81. The SMILES string of the molecule is CCN(C(=O)CC(C)C1CCCNC1)C(C)CN(C)C. The van der Waals surface area contributed by atoms with Crippen LogP contribution in [0.2, 0.25) is 0 Å². The zero-order chi connectivity index (χ0) is 15.1. The van der Waals surface area contributed by atoms with Crippen LogP contribution in [-0.2, 0) is 4.79 Å². The minimum Gasteiger partial charge on any atom is -0.339 e. The van der Waals surface area contributed by atoms with E-state index in [1.54, 1.807) is 0 Å². The molecule has 3 unspecified atom stereocenters. The van der Waals surface area contributed by atoms with Crippen LogP contribution in [-0.4, -0.2) is 62.0 Å². The summed E-state index contributed by atoms with van der Waals surface area (Å²) in [6.45, 7) is 10.4. The Morgan fingerprint density at radius 2 is 2.05 bits per heavy atom. The van der Waals surface area contributed by atoms with E-state index in [1.165, 1.54) is 12.8 Å². The van der Waals surface area contributed by atoms with E-state index in [0.29, 0.717) is 30.2 Å². The summed E-state index contributed by atoms with van der Waals surface area (Å²) in [6.07, 6.45) is 3.20. The zero-order valence-corrected chi connectivity index (χ0v) is 14.0. The lowest BCUT2D eigenvalue weighted by Gasteiger charge is -2.33. The van der Waals surface area contributed by atoms with E-state index >= 15 is 0 Å². The molecule has 20 heavy (non-hydrogen) atoms. The van der Waals surface area contributed by atoms with E-state index in [1.807, 2.05) is 4.90 Å². The van der Waals surface area contributed by atoms with Crippen molar-refractivity contribution in [2.45, 2.75) is 46.1 Å². The monoisotopic (exact) mass is 283 g/mol. The summed E-state index contributed by atoms with van der Waals surface area (Å²) in [5.41, 5.74) is 0. The van der Waals surface area contributed by atoms with E-state index in [-0.39, 0.29) is 0 Å². The predicted molar refractivity (Wildman–Crippen MR) is 84.8 cm³/mol. The van der Waals surface area contributed by atoms with Crippen molar-refractivity contribution < 1.29 is 4.79 Å². The highest BCUT2D eigenvalue weighted by Crippen LogP contribution is 2.23. The Morgan fingerprint density at radius 3 is 2.55 bits per heavy atom. The summed E-state index contributed by atoms with van der Waals surface area (Å²) in [7, 11) is 4.12. The summed E-state index contributed by atoms with van der Waals surface area (Å²) in [5, 5.41) is 3.45. The topological polar surface area (TPSA) is 35.6 Å². The van der Waals surface area contributed by atoms with Gasteiger partial charge < -0.3 is 15.1 Å². The van der Waals surface area contributed by atoms with Crippen LogP contribution in [0.5, 0.6) is 0 Å². The molecule has 0 aromatic carbocycles. The van der Waals surface area contributed by atoms with Crippen molar-refractivity contribution in [3.63, 3.8) is 0 Å². The second-order valence-electron chi connectivity index (χ2n) is 6.58. The molecule has 0 radical (unpaired) electrons. The molecule has 1 saturated heterocycles. The number of carbonyl (C=O) groups is 1. The van der Waals surface area contributed by atoms with E-state index < -0.39 is 0 Å². The Kier molecular flexibility index (Phi) is 7.52. The first-order chi connectivity index (χ1) is 9.45. The Morgan fingerprint density at radius 1 is 1.35 bits per heavy atom. The van der Waals surface area contributed by atoms with Gasteiger partial charge in [-0.25, -0.2) is 0 Å². The minimum atomic E-state index is 0.291. The summed E-state index contributed by atoms with van der Waals surface area (Å²) >= 11 is 0. The molecule has 0 spiro atoms. The number of nitrogens with one attached hydrogen (secondary N) is 1. The molecular formula is C16H33N3O. The van der Waals surface area contributed by atoms with Gasteiger partial charge >= 0.3 is 0 Å². The van der Waals surface area contributed by atoms with Gasteiger partial charge in [0.25, 0.3) is 0 Å². The maximum absolute atomic E-state index is 12.5. The average Bonchev–Trinajstić information content (AvgIpc) is 2.39. The highest BCUT2D eigenvalue weighted by molar-refractivity contribution is 5.76. The molecule has 1 aliphatic rings. The molecule has 1 amide bonds. The molecule has 118 valence electrons. The van der Waals surface area contributed by atoms with Crippen molar-refractivity contribution in [1.29, 1.82) is 0 Å². The van der Waals surface area contributed by atoms with E-state index in [4.69, 9.17) is 0 Å². The molecule has 1 rings (SSSR count). The third kappa shape index (κ3) is 5.41. The summed E-state index contributed by atoms with van der Waals surface area (Å²) < 4.78 is 0. The molecule has 0 aromatic rings. The molecule has 1 heterocycles. The van der Waals surface area contributed by atoms with Crippen LogP contribution in [0.15, 0.2) is 0 Å². The van der Waals surface area contributed by atoms with Crippen LogP contribution in [0, 0.1) is 11.8 Å². The van der Waals surface area contributed by atoms with Crippen molar-refractivity contribution in [3.8, 4) is 0 Å². The summed E-state index contributed by atoms with van der Waals surface area (Å²) in [5.74, 6) is 1.46. The first-order valence-corrected chi connectivity index (χ1v) is 8.10. The molecular weight excluding hydrogens is 250 g/mol. The molecule has 0 aliphatic carbocycles. The molecule has 0 bridgehead atoms. The molecule has 0 saturated carbocycles. The van der Waals surface area contributed by atoms with Gasteiger partial charge in [-0.2, -0.15) is 0 Å². The quantitative estimate of drug-likeness (QED) is 0.774. The number of amides is 1. The van der Waals surface area contributed by atoms with Gasteiger partial charge in [-0.1, -0.05) is 6.92 Å². The first-order valence-electron chi connectivity index (χ1n) is 8.10. The average molecular weight is 283 g/mol. The van der Waals surface area contributed by atoms with Crippen LogP contribution in [0.3, 0.4) is 0 Å². The number of rotatable bonds is 7. The molecule has 1 aliphatic heterocycles. The third-order valence-corrected chi connectivity index (χ3v) is 4.46.